The van der Waals surface area contributed by atoms with Crippen molar-refractivity contribution >= 4 is 29.3 Å². The number of nitrogens with zero attached hydrogens (tertiary/aromatic N) is 2. The van der Waals surface area contributed by atoms with E-state index < -0.39 is 18.5 Å². The van der Waals surface area contributed by atoms with Gasteiger partial charge in [0, 0.05) is 22.4 Å². The Bertz CT molecular complexity index is 1050. The van der Waals surface area contributed by atoms with Crippen molar-refractivity contribution in [1.82, 2.24) is 5.16 Å². The first-order valence-corrected chi connectivity index (χ1v) is 9.65. The van der Waals surface area contributed by atoms with E-state index in [-0.39, 0.29) is 0 Å². The molecule has 0 aliphatic carbocycles. The second-order valence-corrected chi connectivity index (χ2v) is 7.04. The summed E-state index contributed by atoms with van der Waals surface area (Å²) in [6, 6.07) is 17.2. The largest absolute Gasteiger partial charge is 0.452 e. The molecule has 8 heteroatoms. The molecule has 0 fully saturated rings. The quantitative estimate of drug-likeness (QED) is 0.467. The fourth-order valence-corrected chi connectivity index (χ4v) is 3.35. The van der Waals surface area contributed by atoms with Gasteiger partial charge in [-0.3, -0.25) is 4.79 Å². The van der Waals surface area contributed by atoms with Crippen molar-refractivity contribution in [2.75, 3.05) is 11.9 Å². The van der Waals surface area contributed by atoms with Crippen LogP contribution in [0.3, 0.4) is 0 Å². The molecular formula is C21H17N3O4S. The summed E-state index contributed by atoms with van der Waals surface area (Å²) in [5.74, 6) is 0.216. The minimum absolute atomic E-state index is 0.379. The van der Waals surface area contributed by atoms with Gasteiger partial charge in [0.2, 0.25) is 0 Å². The number of aryl methyl sites for hydroxylation is 1. The van der Waals surface area contributed by atoms with E-state index in [1.807, 2.05) is 31.2 Å². The van der Waals surface area contributed by atoms with Crippen LogP contribution in [0.5, 0.6) is 0 Å². The van der Waals surface area contributed by atoms with Crippen LogP contribution in [0.25, 0.3) is 0 Å². The number of rotatable bonds is 7. The van der Waals surface area contributed by atoms with E-state index >= 15 is 0 Å². The number of anilines is 1. The van der Waals surface area contributed by atoms with Crippen LogP contribution >= 0.6 is 11.8 Å². The fourth-order valence-electron chi connectivity index (χ4n) is 2.43. The lowest BCUT2D eigenvalue weighted by Crippen LogP contribution is -2.21. The highest BCUT2D eigenvalue weighted by atomic mass is 32.2. The minimum atomic E-state index is -0.584. The third-order valence-electron chi connectivity index (χ3n) is 3.79. The van der Waals surface area contributed by atoms with Gasteiger partial charge in [-0.05, 0) is 43.3 Å². The Morgan fingerprint density at radius 1 is 1.21 bits per heavy atom. The molecule has 1 amide bonds. The molecule has 1 aromatic heterocycles. The van der Waals surface area contributed by atoms with Crippen molar-refractivity contribution in [2.24, 2.45) is 0 Å². The van der Waals surface area contributed by atoms with E-state index in [0.29, 0.717) is 22.6 Å². The molecule has 0 radical (unpaired) electrons. The zero-order valence-electron chi connectivity index (χ0n) is 15.5. The molecule has 3 aromatic rings. The summed E-state index contributed by atoms with van der Waals surface area (Å²) in [7, 11) is 0. The Morgan fingerprint density at radius 2 is 1.97 bits per heavy atom. The molecule has 3 rings (SSSR count). The maximum Gasteiger partial charge on any atom is 0.339 e. The first-order chi connectivity index (χ1) is 14.0. The lowest BCUT2D eigenvalue weighted by molar-refractivity contribution is -0.119. The summed E-state index contributed by atoms with van der Waals surface area (Å²) in [6.45, 7) is 1.40. The van der Waals surface area contributed by atoms with Crippen LogP contribution in [-0.4, -0.2) is 23.6 Å². The molecule has 29 heavy (non-hydrogen) atoms. The number of thioether (sulfide) groups is 1. The van der Waals surface area contributed by atoms with Crippen molar-refractivity contribution in [1.29, 1.82) is 5.26 Å². The monoisotopic (exact) mass is 407 g/mol. The number of ether oxygens (including phenoxy) is 1. The molecule has 0 atom stereocenters. The molecule has 2 aromatic carbocycles. The maximum atomic E-state index is 12.4. The van der Waals surface area contributed by atoms with Crippen molar-refractivity contribution < 1.29 is 18.8 Å². The molecule has 0 spiro atoms. The number of nitrogens with one attached hydrogen (secondary N) is 1. The zero-order valence-corrected chi connectivity index (χ0v) is 16.4. The fraction of sp³-hybridized carbons (Fsp3) is 0.143. The summed E-state index contributed by atoms with van der Waals surface area (Å²) in [5, 5.41) is 15.3. The number of benzene rings is 2. The Morgan fingerprint density at radius 3 is 2.66 bits per heavy atom. The van der Waals surface area contributed by atoms with E-state index in [1.54, 1.807) is 36.4 Å². The molecule has 7 nitrogen and oxygen atoms in total. The number of esters is 1. The number of hydrogen-bond donors (Lipinski definition) is 1. The second kappa shape index (κ2) is 9.57. The maximum absolute atomic E-state index is 12.4. The first-order valence-electron chi connectivity index (χ1n) is 8.66. The highest BCUT2D eigenvalue weighted by Crippen LogP contribution is 2.26. The first kappa shape index (κ1) is 20.2. The molecule has 0 unspecified atom stereocenters. The summed E-state index contributed by atoms with van der Waals surface area (Å²) in [6.07, 6.45) is 0. The topological polar surface area (TPSA) is 105 Å². The summed E-state index contributed by atoms with van der Waals surface area (Å²) < 4.78 is 10.2. The second-order valence-electron chi connectivity index (χ2n) is 6.03. The summed E-state index contributed by atoms with van der Waals surface area (Å²) in [4.78, 5) is 25.2. The van der Waals surface area contributed by atoms with Gasteiger partial charge in [-0.2, -0.15) is 5.26 Å². The molecule has 0 saturated carbocycles. The van der Waals surface area contributed by atoms with Crippen molar-refractivity contribution in [3.05, 3.63) is 77.2 Å². The zero-order chi connectivity index (χ0) is 20.6. The van der Waals surface area contributed by atoms with Crippen molar-refractivity contribution in [2.45, 2.75) is 17.6 Å². The summed E-state index contributed by atoms with van der Waals surface area (Å²) >= 11 is 1.43. The summed E-state index contributed by atoms with van der Waals surface area (Å²) in [5.41, 5.74) is 2.16. The van der Waals surface area contributed by atoms with Gasteiger partial charge in [0.1, 0.15) is 5.76 Å². The smallest absolute Gasteiger partial charge is 0.339 e. The van der Waals surface area contributed by atoms with E-state index in [1.165, 1.54) is 11.8 Å². The lowest BCUT2D eigenvalue weighted by Gasteiger charge is -2.09. The predicted octanol–water partition coefficient (Wildman–Crippen LogP) is 3.94. The van der Waals surface area contributed by atoms with Gasteiger partial charge >= 0.3 is 5.97 Å². The number of aromatic nitrogens is 1. The molecule has 1 heterocycles. The van der Waals surface area contributed by atoms with Crippen LogP contribution in [0.15, 0.2) is 64.0 Å². The molecule has 0 aliphatic heterocycles. The predicted molar refractivity (Wildman–Crippen MR) is 107 cm³/mol. The highest BCUT2D eigenvalue weighted by molar-refractivity contribution is 7.98. The van der Waals surface area contributed by atoms with E-state index in [0.717, 1.165) is 16.3 Å². The van der Waals surface area contributed by atoms with Gasteiger partial charge in [0.15, 0.2) is 6.61 Å². The Labute approximate surface area is 171 Å². The molecule has 146 valence electrons. The molecule has 0 saturated heterocycles. The van der Waals surface area contributed by atoms with Crippen LogP contribution < -0.4 is 5.32 Å². The average Bonchev–Trinajstić information content (AvgIpc) is 3.16. The Hall–Kier alpha value is -3.57. The van der Waals surface area contributed by atoms with E-state index in [9.17, 15) is 9.59 Å². The number of hydrogen-bond acceptors (Lipinski definition) is 7. The number of carbonyl (C=O) groups is 2. The number of carbonyl (C=O) groups excluding carboxylic acids is 2. The van der Waals surface area contributed by atoms with Gasteiger partial charge in [0.05, 0.1) is 22.9 Å². The van der Waals surface area contributed by atoms with Gasteiger partial charge in [-0.15, -0.1) is 11.8 Å². The third kappa shape index (κ3) is 5.70. The van der Waals surface area contributed by atoms with Gasteiger partial charge in [-0.1, -0.05) is 17.3 Å². The van der Waals surface area contributed by atoms with Gasteiger partial charge in [0.25, 0.3) is 5.91 Å². The van der Waals surface area contributed by atoms with Gasteiger partial charge in [-0.25, -0.2) is 4.79 Å². The standard InChI is InChI=1S/C21H17N3O4S/c1-14-10-17(24-28-14)13-29-19-5-3-2-4-18(19)21(26)27-12-20(25)23-16-8-6-15(11-22)7-9-16/h2-10H,12-13H2,1H3,(H,23,25). The minimum Gasteiger partial charge on any atom is -0.452 e. The molecule has 1 N–H and O–H groups in total. The number of amides is 1. The molecule has 0 bridgehead atoms. The third-order valence-corrected chi connectivity index (χ3v) is 4.90. The van der Waals surface area contributed by atoms with Crippen LogP contribution in [0.1, 0.15) is 27.4 Å². The van der Waals surface area contributed by atoms with Crippen LogP contribution in [0.4, 0.5) is 5.69 Å². The van der Waals surface area contributed by atoms with E-state index in [4.69, 9.17) is 14.5 Å². The normalized spacial score (nSPS) is 10.2. The molecule has 0 aliphatic rings. The lowest BCUT2D eigenvalue weighted by atomic mass is 10.2. The highest BCUT2D eigenvalue weighted by Gasteiger charge is 2.15. The average molecular weight is 407 g/mol. The van der Waals surface area contributed by atoms with Crippen LogP contribution in [-0.2, 0) is 15.3 Å². The molecular weight excluding hydrogens is 390 g/mol. The Balaban J connectivity index is 1.55. The van der Waals surface area contributed by atoms with Crippen molar-refractivity contribution in [3.63, 3.8) is 0 Å². The SMILES string of the molecule is Cc1cc(CSc2ccccc2C(=O)OCC(=O)Nc2ccc(C#N)cc2)no1. The van der Waals surface area contributed by atoms with Crippen LogP contribution in [0.2, 0.25) is 0 Å². The Kier molecular flexibility index (Phi) is 6.66. The van der Waals surface area contributed by atoms with Gasteiger partial charge < -0.3 is 14.6 Å². The van der Waals surface area contributed by atoms with Crippen LogP contribution in [0, 0.1) is 18.3 Å². The number of nitriles is 1. The van der Waals surface area contributed by atoms with E-state index in [2.05, 4.69) is 10.5 Å². The van der Waals surface area contributed by atoms with Crippen molar-refractivity contribution in [3.8, 4) is 6.07 Å².